The SMILES string of the molecule is CC1CCCCCN1c1nc2c(s1)C(O)CCC2. The van der Waals surface area contributed by atoms with Crippen molar-refractivity contribution in [3.05, 3.63) is 10.6 Å². The van der Waals surface area contributed by atoms with E-state index in [4.69, 9.17) is 4.98 Å². The van der Waals surface area contributed by atoms with Crippen LogP contribution in [0.3, 0.4) is 0 Å². The van der Waals surface area contributed by atoms with Crippen LogP contribution >= 0.6 is 11.3 Å². The van der Waals surface area contributed by atoms with Crippen LogP contribution in [0.4, 0.5) is 5.13 Å². The molecule has 1 saturated heterocycles. The summed E-state index contributed by atoms with van der Waals surface area (Å²) in [7, 11) is 0. The van der Waals surface area contributed by atoms with Crippen molar-refractivity contribution >= 4 is 16.5 Å². The first-order chi connectivity index (χ1) is 8.75. The van der Waals surface area contributed by atoms with Crippen molar-refractivity contribution in [1.29, 1.82) is 0 Å². The minimum atomic E-state index is -0.262. The summed E-state index contributed by atoms with van der Waals surface area (Å²) >= 11 is 1.73. The van der Waals surface area contributed by atoms with E-state index in [0.29, 0.717) is 6.04 Å². The van der Waals surface area contributed by atoms with Crippen molar-refractivity contribution in [3.8, 4) is 0 Å². The molecule has 0 amide bonds. The van der Waals surface area contributed by atoms with Crippen molar-refractivity contribution in [2.45, 2.75) is 64.0 Å². The third-order valence-corrected chi connectivity index (χ3v) is 5.44. The normalized spacial score (nSPS) is 28.9. The van der Waals surface area contributed by atoms with Gasteiger partial charge in [0.15, 0.2) is 5.13 Å². The number of aryl methyl sites for hydroxylation is 1. The standard InChI is InChI=1S/C14H22N2OS/c1-10-6-3-2-4-9-16(10)14-15-11-7-5-8-12(17)13(11)18-14/h10,12,17H,2-9H2,1H3. The number of aliphatic hydroxyl groups is 1. The summed E-state index contributed by atoms with van der Waals surface area (Å²) in [6.07, 6.45) is 7.99. The summed E-state index contributed by atoms with van der Waals surface area (Å²) in [5.74, 6) is 0. The Morgan fingerprint density at radius 1 is 1.22 bits per heavy atom. The van der Waals surface area contributed by atoms with Crippen LogP contribution in [0.2, 0.25) is 0 Å². The van der Waals surface area contributed by atoms with Crippen molar-refractivity contribution in [1.82, 2.24) is 4.98 Å². The lowest BCUT2D eigenvalue weighted by Crippen LogP contribution is -2.32. The highest BCUT2D eigenvalue weighted by atomic mass is 32.1. The molecule has 18 heavy (non-hydrogen) atoms. The zero-order chi connectivity index (χ0) is 12.5. The van der Waals surface area contributed by atoms with Gasteiger partial charge in [-0.2, -0.15) is 0 Å². The third kappa shape index (κ3) is 2.28. The Bertz CT molecular complexity index is 418. The van der Waals surface area contributed by atoms with Gasteiger partial charge in [0, 0.05) is 12.6 Å². The zero-order valence-corrected chi connectivity index (χ0v) is 11.9. The molecule has 1 aliphatic carbocycles. The summed E-state index contributed by atoms with van der Waals surface area (Å²) in [6, 6.07) is 0.595. The van der Waals surface area contributed by atoms with E-state index in [1.54, 1.807) is 11.3 Å². The first kappa shape index (κ1) is 12.4. The van der Waals surface area contributed by atoms with Gasteiger partial charge in [0.2, 0.25) is 0 Å². The van der Waals surface area contributed by atoms with E-state index in [1.165, 1.54) is 25.7 Å². The van der Waals surface area contributed by atoms with Crippen LogP contribution in [0.1, 0.15) is 62.1 Å². The molecule has 1 aromatic rings. The number of aliphatic hydroxyl groups excluding tert-OH is 1. The van der Waals surface area contributed by atoms with Crippen LogP contribution in [-0.4, -0.2) is 22.7 Å². The smallest absolute Gasteiger partial charge is 0.186 e. The molecule has 3 nitrogen and oxygen atoms in total. The Kier molecular flexibility index (Phi) is 3.57. The zero-order valence-electron chi connectivity index (χ0n) is 11.1. The first-order valence-corrected chi connectivity index (χ1v) is 8.01. The molecule has 2 unspecified atom stereocenters. The summed E-state index contributed by atoms with van der Waals surface area (Å²) in [5.41, 5.74) is 1.16. The number of fused-ring (bicyclic) bond motifs is 1. The van der Waals surface area contributed by atoms with Gasteiger partial charge in [0.1, 0.15) is 0 Å². The van der Waals surface area contributed by atoms with E-state index in [0.717, 1.165) is 41.5 Å². The Morgan fingerprint density at radius 3 is 2.94 bits per heavy atom. The van der Waals surface area contributed by atoms with Gasteiger partial charge in [-0.25, -0.2) is 4.98 Å². The average molecular weight is 266 g/mol. The van der Waals surface area contributed by atoms with Crippen LogP contribution < -0.4 is 4.90 Å². The van der Waals surface area contributed by atoms with E-state index >= 15 is 0 Å². The van der Waals surface area contributed by atoms with Gasteiger partial charge in [0.25, 0.3) is 0 Å². The second kappa shape index (κ2) is 5.17. The van der Waals surface area contributed by atoms with Crippen molar-refractivity contribution in [2.24, 2.45) is 0 Å². The Labute approximate surface area is 113 Å². The number of anilines is 1. The van der Waals surface area contributed by atoms with Crippen LogP contribution in [-0.2, 0) is 6.42 Å². The molecule has 2 heterocycles. The number of rotatable bonds is 1. The number of hydrogen-bond donors (Lipinski definition) is 1. The minimum absolute atomic E-state index is 0.262. The molecule has 0 bridgehead atoms. The summed E-state index contributed by atoms with van der Waals surface area (Å²) in [5, 5.41) is 11.2. The topological polar surface area (TPSA) is 36.4 Å². The van der Waals surface area contributed by atoms with E-state index in [9.17, 15) is 5.11 Å². The highest BCUT2D eigenvalue weighted by Gasteiger charge is 2.26. The Hall–Kier alpha value is -0.610. The fourth-order valence-electron chi connectivity index (χ4n) is 3.07. The molecule has 1 aliphatic heterocycles. The number of nitrogens with zero attached hydrogens (tertiary/aromatic N) is 2. The van der Waals surface area contributed by atoms with Crippen molar-refractivity contribution in [3.63, 3.8) is 0 Å². The monoisotopic (exact) mass is 266 g/mol. The summed E-state index contributed by atoms with van der Waals surface area (Å²) in [6.45, 7) is 3.44. The maximum Gasteiger partial charge on any atom is 0.186 e. The molecule has 0 radical (unpaired) electrons. The molecule has 100 valence electrons. The quantitative estimate of drug-likeness (QED) is 0.847. The molecule has 2 atom stereocenters. The number of thiazole rings is 1. The second-order valence-corrected chi connectivity index (χ2v) is 6.62. The summed E-state index contributed by atoms with van der Waals surface area (Å²) in [4.78, 5) is 8.39. The molecule has 0 saturated carbocycles. The predicted molar refractivity (Wildman–Crippen MR) is 75.3 cm³/mol. The average Bonchev–Trinajstić information content (AvgIpc) is 2.67. The van der Waals surface area contributed by atoms with Gasteiger partial charge in [-0.15, -0.1) is 0 Å². The highest BCUT2D eigenvalue weighted by Crippen LogP contribution is 2.38. The van der Waals surface area contributed by atoms with Gasteiger partial charge < -0.3 is 10.0 Å². The molecule has 1 fully saturated rings. The molecule has 0 aromatic carbocycles. The molecular weight excluding hydrogens is 244 g/mol. The van der Waals surface area contributed by atoms with E-state index < -0.39 is 0 Å². The third-order valence-electron chi connectivity index (χ3n) is 4.21. The largest absolute Gasteiger partial charge is 0.388 e. The van der Waals surface area contributed by atoms with E-state index in [2.05, 4.69) is 11.8 Å². The van der Waals surface area contributed by atoms with Crippen LogP contribution in [0.25, 0.3) is 0 Å². The van der Waals surface area contributed by atoms with E-state index in [-0.39, 0.29) is 6.10 Å². The van der Waals surface area contributed by atoms with Gasteiger partial charge in [-0.3, -0.25) is 0 Å². The lowest BCUT2D eigenvalue weighted by Gasteiger charge is -2.26. The van der Waals surface area contributed by atoms with Gasteiger partial charge >= 0.3 is 0 Å². The maximum absolute atomic E-state index is 10.0. The Morgan fingerprint density at radius 2 is 2.11 bits per heavy atom. The molecule has 1 N–H and O–H groups in total. The Balaban J connectivity index is 1.87. The molecule has 3 rings (SSSR count). The van der Waals surface area contributed by atoms with E-state index in [1.807, 2.05) is 0 Å². The van der Waals surface area contributed by atoms with Crippen LogP contribution in [0.15, 0.2) is 0 Å². The minimum Gasteiger partial charge on any atom is -0.388 e. The van der Waals surface area contributed by atoms with Crippen LogP contribution in [0.5, 0.6) is 0 Å². The molecule has 2 aliphatic rings. The van der Waals surface area contributed by atoms with Crippen molar-refractivity contribution < 1.29 is 5.11 Å². The lowest BCUT2D eigenvalue weighted by atomic mass is 10.0. The first-order valence-electron chi connectivity index (χ1n) is 7.20. The maximum atomic E-state index is 10.0. The van der Waals surface area contributed by atoms with Gasteiger partial charge in [-0.05, 0) is 39.0 Å². The fraction of sp³-hybridized carbons (Fsp3) is 0.786. The lowest BCUT2D eigenvalue weighted by molar-refractivity contribution is 0.160. The molecule has 4 heteroatoms. The van der Waals surface area contributed by atoms with Crippen LogP contribution in [0, 0.1) is 0 Å². The highest BCUT2D eigenvalue weighted by molar-refractivity contribution is 7.15. The van der Waals surface area contributed by atoms with Gasteiger partial charge in [-0.1, -0.05) is 24.2 Å². The molecule has 0 spiro atoms. The second-order valence-electron chi connectivity index (χ2n) is 5.61. The van der Waals surface area contributed by atoms with Crippen molar-refractivity contribution in [2.75, 3.05) is 11.4 Å². The van der Waals surface area contributed by atoms with Gasteiger partial charge in [0.05, 0.1) is 16.7 Å². The predicted octanol–water partition coefficient (Wildman–Crippen LogP) is 3.28. The molecular formula is C14H22N2OS. The number of hydrogen-bond acceptors (Lipinski definition) is 4. The fourth-order valence-corrected chi connectivity index (χ4v) is 4.33. The summed E-state index contributed by atoms with van der Waals surface area (Å²) < 4.78 is 0. The molecule has 1 aromatic heterocycles. The number of aromatic nitrogens is 1.